The van der Waals surface area contributed by atoms with Crippen LogP contribution in [0.1, 0.15) is 79.0 Å². The van der Waals surface area contributed by atoms with Crippen molar-refractivity contribution in [2.24, 2.45) is 0 Å². The average molecular weight is 930 g/mol. The van der Waals surface area contributed by atoms with Gasteiger partial charge in [0, 0.05) is 28.5 Å². The van der Waals surface area contributed by atoms with E-state index < -0.39 is 0 Å². The Hall–Kier alpha value is -7.89. The van der Waals surface area contributed by atoms with E-state index in [0.717, 1.165) is 94.7 Å². The van der Waals surface area contributed by atoms with Gasteiger partial charge in [-0.15, -0.1) is 0 Å². The van der Waals surface area contributed by atoms with Crippen LogP contribution < -0.4 is 0 Å². The number of hydrogen-bond acceptors (Lipinski definition) is 3. The van der Waals surface area contributed by atoms with E-state index >= 15 is 0 Å². The third kappa shape index (κ3) is 9.21. The lowest BCUT2D eigenvalue weighted by atomic mass is 9.82. The van der Waals surface area contributed by atoms with Crippen molar-refractivity contribution >= 4 is 11.0 Å². The Morgan fingerprint density at radius 2 is 0.958 bits per heavy atom. The van der Waals surface area contributed by atoms with Crippen LogP contribution in [0.25, 0.3) is 95.0 Å². The van der Waals surface area contributed by atoms with E-state index in [2.05, 4.69) is 206 Å². The van der Waals surface area contributed by atoms with Gasteiger partial charge in [0.2, 0.25) is 0 Å². The van der Waals surface area contributed by atoms with Gasteiger partial charge < -0.3 is 5.11 Å². The molecule has 10 rings (SSSR count). The summed E-state index contributed by atoms with van der Waals surface area (Å²) >= 11 is 0. The molecule has 0 bridgehead atoms. The summed E-state index contributed by atoms with van der Waals surface area (Å²) in [5, 5.41) is 13.1. The molecule has 0 aliphatic heterocycles. The Kier molecular flexibility index (Phi) is 12.0. The lowest BCUT2D eigenvalue weighted by molar-refractivity contribution is 0.477. The van der Waals surface area contributed by atoms with E-state index in [4.69, 9.17) is 9.97 Å². The quantitative estimate of drug-likeness (QED) is 0.165. The summed E-state index contributed by atoms with van der Waals surface area (Å²) < 4.78 is 16.7. The highest BCUT2D eigenvalue weighted by Gasteiger charge is 2.28. The predicted octanol–water partition coefficient (Wildman–Crippen LogP) is 17.8. The third-order valence-electron chi connectivity index (χ3n) is 13.7. The van der Waals surface area contributed by atoms with Gasteiger partial charge in [-0.1, -0.05) is 184 Å². The SMILES string of the molecule is CC(C)(C)c1cc(-c2cc(-c3cccc(F)c3)ccn2)cc(-c2cccc3c2nc(-c2cc(C(C)(C)C)cc(-c4ccccc4-c4ccccc4)c2O)n3-c2ccc(C(C)(C)C)cc2-c2ccccc2)c1. The first kappa shape index (κ1) is 46.8. The normalized spacial score (nSPS) is 12.1. The molecule has 2 heterocycles. The number of phenolic OH excluding ortho intramolecular Hbond substituents is 1. The molecular weight excluding hydrogens is 870 g/mol. The minimum absolute atomic E-state index is 0.114. The highest BCUT2D eigenvalue weighted by atomic mass is 19.1. The maximum atomic E-state index is 14.5. The topological polar surface area (TPSA) is 50.9 Å². The molecule has 1 N–H and O–H groups in total. The number of halogens is 1. The molecule has 0 fully saturated rings. The van der Waals surface area contributed by atoms with Crippen molar-refractivity contribution < 1.29 is 9.50 Å². The molecule has 10 aromatic rings. The number of aromatic nitrogens is 3. The number of para-hydroxylation sites is 1. The Morgan fingerprint density at radius 3 is 1.63 bits per heavy atom. The van der Waals surface area contributed by atoms with Crippen LogP contribution in [0.15, 0.2) is 194 Å². The van der Waals surface area contributed by atoms with Gasteiger partial charge in [0.15, 0.2) is 0 Å². The maximum Gasteiger partial charge on any atom is 0.149 e. The van der Waals surface area contributed by atoms with Crippen molar-refractivity contribution in [3.8, 4) is 89.7 Å². The zero-order valence-electron chi connectivity index (χ0n) is 42.1. The lowest BCUT2D eigenvalue weighted by Gasteiger charge is -2.25. The Morgan fingerprint density at radius 1 is 0.408 bits per heavy atom. The molecule has 0 saturated heterocycles. The minimum Gasteiger partial charge on any atom is -0.507 e. The van der Waals surface area contributed by atoms with Gasteiger partial charge in [-0.05, 0) is 139 Å². The number of nitrogens with zero attached hydrogens (tertiary/aromatic N) is 3. The van der Waals surface area contributed by atoms with Crippen LogP contribution in [-0.4, -0.2) is 19.6 Å². The first-order valence-corrected chi connectivity index (χ1v) is 24.6. The molecule has 0 spiro atoms. The van der Waals surface area contributed by atoms with Crippen LogP contribution in [0, 0.1) is 5.82 Å². The molecule has 352 valence electrons. The molecular formula is C66H60FN3O. The molecule has 0 amide bonds. The molecule has 8 aromatic carbocycles. The molecule has 0 atom stereocenters. The van der Waals surface area contributed by atoms with Crippen molar-refractivity contribution in [3.05, 3.63) is 217 Å². The molecule has 0 aliphatic carbocycles. The van der Waals surface area contributed by atoms with Gasteiger partial charge in [-0.3, -0.25) is 9.55 Å². The number of benzene rings is 8. The molecule has 0 radical (unpaired) electrons. The smallest absolute Gasteiger partial charge is 0.149 e. The van der Waals surface area contributed by atoms with Crippen molar-refractivity contribution in [1.82, 2.24) is 14.5 Å². The number of pyridine rings is 1. The van der Waals surface area contributed by atoms with Crippen molar-refractivity contribution in [2.75, 3.05) is 0 Å². The number of aromatic hydroxyl groups is 1. The van der Waals surface area contributed by atoms with Crippen molar-refractivity contribution in [3.63, 3.8) is 0 Å². The van der Waals surface area contributed by atoms with Gasteiger partial charge >= 0.3 is 0 Å². The van der Waals surface area contributed by atoms with Crippen LogP contribution in [-0.2, 0) is 16.2 Å². The summed E-state index contributed by atoms with van der Waals surface area (Å²) in [5.74, 6) is 0.512. The highest BCUT2D eigenvalue weighted by Crippen LogP contribution is 2.48. The van der Waals surface area contributed by atoms with Crippen LogP contribution in [0.4, 0.5) is 4.39 Å². The van der Waals surface area contributed by atoms with E-state index in [1.807, 2.05) is 30.3 Å². The summed E-state index contributed by atoms with van der Waals surface area (Å²) in [4.78, 5) is 10.6. The van der Waals surface area contributed by atoms with Gasteiger partial charge in [-0.2, -0.15) is 0 Å². The summed E-state index contributed by atoms with van der Waals surface area (Å²) in [6.45, 7) is 20.1. The molecule has 4 nitrogen and oxygen atoms in total. The predicted molar refractivity (Wildman–Crippen MR) is 295 cm³/mol. The minimum atomic E-state index is -0.283. The standard InChI is InChI=1S/C66H60FN3O/c1-64(2,3)48-30-31-59(55(39-48)43-22-14-11-15-23-43)70-60-29-19-28-53(46-34-47(36-49(35-46)65(4,5)6)58-38-45(32-33-68-58)44-24-18-25-51(67)37-44)61(60)69-63(70)57-41-50(66(7,8)9)40-56(62(57)71)54-27-17-16-26-52(54)42-20-12-10-13-21-42/h10-41,71H,1-9H3. The molecule has 71 heavy (non-hydrogen) atoms. The number of rotatable bonds is 8. The van der Waals surface area contributed by atoms with Gasteiger partial charge in [-0.25, -0.2) is 9.37 Å². The lowest BCUT2D eigenvalue weighted by Crippen LogP contribution is -2.13. The Labute approximate surface area is 418 Å². The third-order valence-corrected chi connectivity index (χ3v) is 13.7. The average Bonchev–Trinajstić information content (AvgIpc) is 3.75. The monoisotopic (exact) mass is 929 g/mol. The molecule has 0 saturated carbocycles. The van der Waals surface area contributed by atoms with Crippen molar-refractivity contribution in [2.45, 2.75) is 78.6 Å². The van der Waals surface area contributed by atoms with Crippen LogP contribution >= 0.6 is 0 Å². The summed E-state index contributed by atoms with van der Waals surface area (Å²) in [5.41, 5.74) is 17.4. The van der Waals surface area contributed by atoms with Crippen molar-refractivity contribution in [1.29, 1.82) is 0 Å². The zero-order chi connectivity index (χ0) is 49.8. The zero-order valence-corrected chi connectivity index (χ0v) is 42.1. The second-order valence-corrected chi connectivity index (χ2v) is 21.9. The Bertz CT molecular complexity index is 3600. The fourth-order valence-electron chi connectivity index (χ4n) is 9.63. The summed E-state index contributed by atoms with van der Waals surface area (Å²) in [6, 6.07) is 64.1. The molecule has 0 aliphatic rings. The van der Waals surface area contributed by atoms with Crippen LogP contribution in [0.2, 0.25) is 0 Å². The second-order valence-electron chi connectivity index (χ2n) is 21.9. The largest absolute Gasteiger partial charge is 0.507 e. The van der Waals surface area contributed by atoms with E-state index in [1.165, 1.54) is 11.6 Å². The maximum absolute atomic E-state index is 14.5. The van der Waals surface area contributed by atoms with Gasteiger partial charge in [0.05, 0.1) is 28.0 Å². The second kappa shape index (κ2) is 18.1. The number of phenols is 1. The fourth-order valence-corrected chi connectivity index (χ4v) is 9.63. The van der Waals surface area contributed by atoms with E-state index in [0.29, 0.717) is 11.4 Å². The molecule has 0 unspecified atom stereocenters. The first-order valence-electron chi connectivity index (χ1n) is 24.6. The first-order chi connectivity index (χ1) is 33.9. The Balaban J connectivity index is 1.29. The molecule has 5 heteroatoms. The van der Waals surface area contributed by atoms with E-state index in [1.54, 1.807) is 18.3 Å². The molecule has 2 aromatic heterocycles. The summed E-state index contributed by atoms with van der Waals surface area (Å²) in [7, 11) is 0. The van der Waals surface area contributed by atoms with Crippen LogP contribution in [0.5, 0.6) is 5.75 Å². The van der Waals surface area contributed by atoms with Gasteiger partial charge in [0.25, 0.3) is 0 Å². The van der Waals surface area contributed by atoms with E-state index in [-0.39, 0.29) is 27.8 Å². The van der Waals surface area contributed by atoms with Gasteiger partial charge in [0.1, 0.15) is 17.4 Å². The number of fused-ring (bicyclic) bond motifs is 1. The fraction of sp³-hybridized carbons (Fsp3) is 0.182. The summed E-state index contributed by atoms with van der Waals surface area (Å²) in [6.07, 6.45) is 1.80. The number of hydrogen-bond donors (Lipinski definition) is 1. The van der Waals surface area contributed by atoms with E-state index in [9.17, 15) is 9.50 Å². The van der Waals surface area contributed by atoms with Crippen LogP contribution in [0.3, 0.4) is 0 Å². The highest BCUT2D eigenvalue weighted by molar-refractivity contribution is 5.99. The number of imidazole rings is 1.